The monoisotopic (exact) mass is 363 g/mol. The minimum absolute atomic E-state index is 0.00179. The number of hydrogen-bond donors (Lipinski definition) is 1. The molecule has 118 valence electrons. The van der Waals surface area contributed by atoms with Gasteiger partial charge in [-0.25, -0.2) is 0 Å². The molecule has 0 heterocycles. The lowest BCUT2D eigenvalue weighted by Crippen LogP contribution is -2.32. The molecule has 0 saturated heterocycles. The van der Waals surface area contributed by atoms with Gasteiger partial charge in [-0.1, -0.05) is 36.7 Å². The molecule has 1 aromatic rings. The third-order valence-corrected chi connectivity index (χ3v) is 4.25. The van der Waals surface area contributed by atoms with Crippen molar-refractivity contribution < 1.29 is 9.90 Å². The van der Waals surface area contributed by atoms with Gasteiger partial charge < -0.3 is 5.11 Å². The van der Waals surface area contributed by atoms with Gasteiger partial charge in [-0.15, -0.1) is 0 Å². The van der Waals surface area contributed by atoms with Gasteiger partial charge in [-0.3, -0.25) is 9.79 Å². The van der Waals surface area contributed by atoms with Crippen LogP contribution in [0.1, 0.15) is 46.5 Å². The van der Waals surface area contributed by atoms with Gasteiger partial charge in [0.1, 0.15) is 5.76 Å². The molecule has 1 aromatic carbocycles. The van der Waals surface area contributed by atoms with Crippen molar-refractivity contribution in [3.8, 4) is 0 Å². The molecule has 0 bridgehead atoms. The molecule has 0 spiro atoms. The van der Waals surface area contributed by atoms with Crippen LogP contribution < -0.4 is 0 Å². The van der Waals surface area contributed by atoms with E-state index in [9.17, 15) is 9.90 Å². The summed E-state index contributed by atoms with van der Waals surface area (Å²) in [5.41, 5.74) is 1.81. The predicted octanol–water partition coefficient (Wildman–Crippen LogP) is 5.52. The number of Topliss-reactive ketones (excluding diaryl/α,β-unsaturated/α-hetero) is 1. The smallest absolute Gasteiger partial charge is 0.168 e. The Morgan fingerprint density at radius 2 is 1.91 bits per heavy atom. The highest BCUT2D eigenvalue weighted by molar-refractivity contribution is 9.10. The van der Waals surface area contributed by atoms with Crippen LogP contribution in [0.5, 0.6) is 0 Å². The number of benzene rings is 1. The number of carbonyl (C=O) groups excluding carboxylic acids is 1. The Balaban J connectivity index is 2.48. The Morgan fingerprint density at radius 3 is 2.50 bits per heavy atom. The minimum Gasteiger partial charge on any atom is -0.511 e. The summed E-state index contributed by atoms with van der Waals surface area (Å²) >= 11 is 3.40. The molecular formula is C18H22BrNO2. The number of allylic oxidation sites excluding steroid dienone is 2. The van der Waals surface area contributed by atoms with Gasteiger partial charge in [0.15, 0.2) is 5.78 Å². The van der Waals surface area contributed by atoms with Crippen LogP contribution >= 0.6 is 15.9 Å². The Bertz CT molecular complexity index is 627. The topological polar surface area (TPSA) is 49.7 Å². The fraction of sp³-hybridized carbons (Fsp3) is 0.444. The molecule has 22 heavy (non-hydrogen) atoms. The summed E-state index contributed by atoms with van der Waals surface area (Å²) in [6, 6.07) is 7.64. The largest absolute Gasteiger partial charge is 0.511 e. The van der Waals surface area contributed by atoms with E-state index in [-0.39, 0.29) is 17.0 Å². The summed E-state index contributed by atoms with van der Waals surface area (Å²) in [5, 5.41) is 10.3. The van der Waals surface area contributed by atoms with Crippen molar-refractivity contribution in [3.63, 3.8) is 0 Å². The number of hydrogen-bond acceptors (Lipinski definition) is 3. The van der Waals surface area contributed by atoms with Gasteiger partial charge in [-0.2, -0.15) is 0 Å². The van der Waals surface area contributed by atoms with Gasteiger partial charge in [0.25, 0.3) is 0 Å². The van der Waals surface area contributed by atoms with Crippen LogP contribution in [0.3, 0.4) is 0 Å². The number of halogens is 1. The molecule has 1 aliphatic carbocycles. The zero-order chi connectivity index (χ0) is 16.3. The molecule has 0 unspecified atom stereocenters. The number of nitrogens with zero attached hydrogens (tertiary/aromatic N) is 1. The second-order valence-electron chi connectivity index (χ2n) is 6.55. The lowest BCUT2D eigenvalue weighted by atomic mass is 9.73. The molecule has 1 N–H and O–H groups in total. The highest BCUT2D eigenvalue weighted by atomic mass is 79.9. The van der Waals surface area contributed by atoms with Crippen LogP contribution in [0.15, 0.2) is 45.1 Å². The fourth-order valence-electron chi connectivity index (χ4n) is 2.74. The molecule has 0 atom stereocenters. The number of aliphatic imine (C=N–C) groups is 1. The lowest BCUT2D eigenvalue weighted by Gasteiger charge is -2.31. The molecule has 0 amide bonds. The summed E-state index contributed by atoms with van der Waals surface area (Å²) in [6.07, 6.45) is 2.46. The second kappa shape index (κ2) is 6.78. The van der Waals surface area contributed by atoms with Crippen molar-refractivity contribution in [2.75, 3.05) is 0 Å². The average molecular weight is 364 g/mol. The van der Waals surface area contributed by atoms with E-state index in [2.05, 4.69) is 34.8 Å². The number of carbonyl (C=O) groups is 1. The van der Waals surface area contributed by atoms with Crippen LogP contribution in [-0.2, 0) is 4.79 Å². The quantitative estimate of drug-likeness (QED) is 0.567. The Hall–Kier alpha value is -1.42. The van der Waals surface area contributed by atoms with Gasteiger partial charge in [0.05, 0.1) is 17.0 Å². The Morgan fingerprint density at radius 1 is 1.27 bits per heavy atom. The summed E-state index contributed by atoms with van der Waals surface area (Å²) < 4.78 is 0.987. The number of rotatable bonds is 3. The molecule has 1 aliphatic rings. The predicted molar refractivity (Wildman–Crippen MR) is 93.8 cm³/mol. The van der Waals surface area contributed by atoms with Crippen LogP contribution in [0.2, 0.25) is 0 Å². The molecule has 1 saturated carbocycles. The molecule has 2 rings (SSSR count). The summed E-state index contributed by atoms with van der Waals surface area (Å²) in [7, 11) is 0. The zero-order valence-corrected chi connectivity index (χ0v) is 14.9. The van der Waals surface area contributed by atoms with E-state index in [0.717, 1.165) is 16.6 Å². The third kappa shape index (κ3) is 4.07. The molecule has 0 aromatic heterocycles. The number of ketones is 1. The van der Waals surface area contributed by atoms with Gasteiger partial charge in [-0.05, 0) is 42.5 Å². The van der Waals surface area contributed by atoms with Crippen LogP contribution in [0, 0.1) is 5.41 Å². The van der Waals surface area contributed by atoms with E-state index in [1.807, 2.05) is 31.2 Å². The first-order chi connectivity index (χ1) is 10.3. The maximum Gasteiger partial charge on any atom is 0.168 e. The molecule has 3 nitrogen and oxygen atoms in total. The standard InChI is InChI=1S/C18H22BrNO2/c1-4-5-15(21)17-14(10-18(2,3)11-16(17)22)20-13-8-6-12(19)7-9-13/h6-9,21H,4-5,10-11H2,1-3H3. The Labute approximate surface area is 140 Å². The van der Waals surface area contributed by atoms with Crippen LogP contribution in [0.25, 0.3) is 0 Å². The van der Waals surface area contributed by atoms with E-state index in [4.69, 9.17) is 0 Å². The molecular weight excluding hydrogens is 342 g/mol. The summed E-state index contributed by atoms with van der Waals surface area (Å²) in [4.78, 5) is 17.1. The Kier molecular flexibility index (Phi) is 5.22. The SMILES string of the molecule is CCCC(O)=C1C(=O)CC(C)(C)CC1=Nc1ccc(Br)cc1. The molecule has 4 heteroatoms. The number of aliphatic hydroxyl groups excluding tert-OH is 1. The molecule has 0 aliphatic heterocycles. The van der Waals surface area contributed by atoms with Crippen molar-refractivity contribution >= 4 is 33.1 Å². The first kappa shape index (κ1) is 16.9. The highest BCUT2D eigenvalue weighted by Crippen LogP contribution is 2.36. The van der Waals surface area contributed by atoms with Crippen molar-refractivity contribution in [2.24, 2.45) is 10.4 Å². The first-order valence-corrected chi connectivity index (χ1v) is 8.40. The molecule has 0 radical (unpaired) electrons. The zero-order valence-electron chi connectivity index (χ0n) is 13.3. The van der Waals surface area contributed by atoms with E-state index >= 15 is 0 Å². The fourth-order valence-corrected chi connectivity index (χ4v) is 3.01. The van der Waals surface area contributed by atoms with E-state index in [1.165, 1.54) is 0 Å². The van der Waals surface area contributed by atoms with Crippen molar-refractivity contribution in [2.45, 2.75) is 46.5 Å². The first-order valence-electron chi connectivity index (χ1n) is 7.61. The van der Waals surface area contributed by atoms with E-state index in [0.29, 0.717) is 30.5 Å². The van der Waals surface area contributed by atoms with Gasteiger partial charge >= 0.3 is 0 Å². The van der Waals surface area contributed by atoms with Crippen LogP contribution in [0.4, 0.5) is 5.69 Å². The third-order valence-electron chi connectivity index (χ3n) is 3.72. The second-order valence-corrected chi connectivity index (χ2v) is 7.46. The van der Waals surface area contributed by atoms with Crippen molar-refractivity contribution in [1.82, 2.24) is 0 Å². The van der Waals surface area contributed by atoms with E-state index < -0.39 is 0 Å². The highest BCUT2D eigenvalue weighted by Gasteiger charge is 2.36. The molecule has 1 fully saturated rings. The van der Waals surface area contributed by atoms with E-state index in [1.54, 1.807) is 0 Å². The summed E-state index contributed by atoms with van der Waals surface area (Å²) in [5.74, 6) is 0.178. The maximum atomic E-state index is 12.5. The minimum atomic E-state index is -0.124. The van der Waals surface area contributed by atoms with Crippen LogP contribution in [-0.4, -0.2) is 16.6 Å². The van der Waals surface area contributed by atoms with Gasteiger partial charge in [0, 0.05) is 17.3 Å². The normalized spacial score (nSPS) is 22.0. The maximum absolute atomic E-state index is 12.5. The average Bonchev–Trinajstić information content (AvgIpc) is 2.39. The van der Waals surface area contributed by atoms with Crippen molar-refractivity contribution in [1.29, 1.82) is 0 Å². The number of aliphatic hydroxyl groups is 1. The van der Waals surface area contributed by atoms with Crippen molar-refractivity contribution in [3.05, 3.63) is 40.1 Å². The summed E-state index contributed by atoms with van der Waals surface area (Å²) in [6.45, 7) is 6.12. The lowest BCUT2D eigenvalue weighted by molar-refractivity contribution is -0.117. The van der Waals surface area contributed by atoms with Gasteiger partial charge in [0.2, 0.25) is 0 Å².